The molecule has 116 valence electrons. The van der Waals surface area contributed by atoms with Crippen molar-refractivity contribution < 1.29 is 19.1 Å². The summed E-state index contributed by atoms with van der Waals surface area (Å²) in [6, 6.07) is 9.38. The maximum atomic E-state index is 11.8. The molecule has 4 nitrogen and oxygen atoms in total. The first-order valence-corrected chi connectivity index (χ1v) is 7.31. The molecular weight excluding hydrogens is 268 g/mol. The van der Waals surface area contributed by atoms with E-state index in [1.54, 1.807) is 0 Å². The van der Waals surface area contributed by atoms with E-state index < -0.39 is 12.1 Å². The molecule has 0 N–H and O–H groups in total. The number of carbonyl (C=O) groups is 2. The second-order valence-corrected chi connectivity index (χ2v) is 5.70. The third kappa shape index (κ3) is 6.43. The van der Waals surface area contributed by atoms with Gasteiger partial charge in [0.15, 0.2) is 6.10 Å². The SMILES string of the molecule is CC(C)C[C@H](C)C(=O)O[C@H](C)C(=O)OCc1ccccc1. The molecule has 1 aromatic carbocycles. The van der Waals surface area contributed by atoms with E-state index in [0.29, 0.717) is 5.92 Å². The van der Waals surface area contributed by atoms with Crippen LogP contribution < -0.4 is 0 Å². The number of carbonyl (C=O) groups excluding carboxylic acids is 2. The van der Waals surface area contributed by atoms with Crippen molar-refractivity contribution in [3.8, 4) is 0 Å². The minimum absolute atomic E-state index is 0.184. The van der Waals surface area contributed by atoms with Gasteiger partial charge in [0, 0.05) is 0 Å². The molecule has 0 fully saturated rings. The maximum Gasteiger partial charge on any atom is 0.347 e. The van der Waals surface area contributed by atoms with Crippen LogP contribution in [0.4, 0.5) is 0 Å². The summed E-state index contributed by atoms with van der Waals surface area (Å²) in [5.74, 6) is -0.681. The lowest BCUT2D eigenvalue weighted by Gasteiger charge is -2.17. The van der Waals surface area contributed by atoms with E-state index in [1.165, 1.54) is 6.92 Å². The van der Waals surface area contributed by atoms with Gasteiger partial charge in [-0.2, -0.15) is 0 Å². The molecule has 0 unspecified atom stereocenters. The zero-order valence-corrected chi connectivity index (χ0v) is 13.2. The second-order valence-electron chi connectivity index (χ2n) is 5.70. The summed E-state index contributed by atoms with van der Waals surface area (Å²) in [6.07, 6.45) is -0.138. The number of hydrogen-bond acceptors (Lipinski definition) is 4. The van der Waals surface area contributed by atoms with Crippen LogP contribution in [-0.4, -0.2) is 18.0 Å². The van der Waals surface area contributed by atoms with Crippen LogP contribution in [0.15, 0.2) is 30.3 Å². The van der Waals surface area contributed by atoms with Gasteiger partial charge in [-0.25, -0.2) is 4.79 Å². The van der Waals surface area contributed by atoms with Crippen LogP contribution in [0, 0.1) is 11.8 Å². The van der Waals surface area contributed by atoms with Gasteiger partial charge in [0.1, 0.15) is 6.61 Å². The summed E-state index contributed by atoms with van der Waals surface area (Å²) in [4.78, 5) is 23.6. The summed E-state index contributed by atoms with van der Waals surface area (Å²) in [6.45, 7) is 7.61. The smallest absolute Gasteiger partial charge is 0.347 e. The van der Waals surface area contributed by atoms with Crippen molar-refractivity contribution in [1.29, 1.82) is 0 Å². The van der Waals surface area contributed by atoms with Crippen LogP contribution in [0.25, 0.3) is 0 Å². The molecule has 0 bridgehead atoms. The first-order chi connectivity index (χ1) is 9.90. The van der Waals surface area contributed by atoms with E-state index in [0.717, 1.165) is 12.0 Å². The Morgan fingerprint density at radius 1 is 1.00 bits per heavy atom. The van der Waals surface area contributed by atoms with Crippen molar-refractivity contribution in [2.24, 2.45) is 11.8 Å². The van der Waals surface area contributed by atoms with Crippen LogP contribution in [0.3, 0.4) is 0 Å². The van der Waals surface area contributed by atoms with Crippen molar-refractivity contribution in [3.63, 3.8) is 0 Å². The Balaban J connectivity index is 2.38. The van der Waals surface area contributed by atoms with Gasteiger partial charge in [-0.05, 0) is 24.8 Å². The highest BCUT2D eigenvalue weighted by Crippen LogP contribution is 2.14. The van der Waals surface area contributed by atoms with E-state index in [-0.39, 0.29) is 18.5 Å². The lowest BCUT2D eigenvalue weighted by atomic mass is 9.99. The molecule has 0 saturated carbocycles. The number of hydrogen-bond donors (Lipinski definition) is 0. The first kappa shape index (κ1) is 17.2. The van der Waals surface area contributed by atoms with Gasteiger partial charge in [-0.15, -0.1) is 0 Å². The standard InChI is InChI=1S/C17H24O4/c1-12(2)10-13(3)16(18)21-14(4)17(19)20-11-15-8-6-5-7-9-15/h5-9,12-14H,10-11H2,1-4H3/t13-,14+/m0/s1. The predicted octanol–water partition coefficient (Wildman–Crippen LogP) is 3.34. The summed E-state index contributed by atoms with van der Waals surface area (Å²) < 4.78 is 10.3. The zero-order valence-electron chi connectivity index (χ0n) is 13.2. The summed E-state index contributed by atoms with van der Waals surface area (Å²) in [5.41, 5.74) is 0.901. The third-order valence-corrected chi connectivity index (χ3v) is 3.08. The Morgan fingerprint density at radius 2 is 1.62 bits per heavy atom. The van der Waals surface area contributed by atoms with Crippen molar-refractivity contribution in [1.82, 2.24) is 0 Å². The average molecular weight is 292 g/mol. The lowest BCUT2D eigenvalue weighted by molar-refractivity contribution is -0.169. The van der Waals surface area contributed by atoms with Crippen LogP contribution in [-0.2, 0) is 25.7 Å². The molecule has 21 heavy (non-hydrogen) atoms. The van der Waals surface area contributed by atoms with Crippen LogP contribution in [0.1, 0.15) is 39.7 Å². The second kappa shape index (κ2) is 8.45. The normalized spacial score (nSPS) is 13.6. The molecule has 0 heterocycles. The third-order valence-electron chi connectivity index (χ3n) is 3.08. The Morgan fingerprint density at radius 3 is 2.19 bits per heavy atom. The van der Waals surface area contributed by atoms with Crippen LogP contribution >= 0.6 is 0 Å². The quantitative estimate of drug-likeness (QED) is 0.723. The summed E-state index contributed by atoms with van der Waals surface area (Å²) >= 11 is 0. The molecule has 1 rings (SSSR count). The van der Waals surface area contributed by atoms with E-state index in [9.17, 15) is 9.59 Å². The lowest BCUT2D eigenvalue weighted by Crippen LogP contribution is -2.29. The minimum Gasteiger partial charge on any atom is -0.458 e. The van der Waals surface area contributed by atoms with Gasteiger partial charge >= 0.3 is 11.9 Å². The minimum atomic E-state index is -0.879. The number of esters is 2. The number of ether oxygens (including phenoxy) is 2. The van der Waals surface area contributed by atoms with E-state index in [1.807, 2.05) is 51.1 Å². The first-order valence-electron chi connectivity index (χ1n) is 7.31. The Kier molecular flexibility index (Phi) is 6.92. The molecule has 0 aliphatic heterocycles. The Labute approximate surface area is 126 Å². The molecule has 0 radical (unpaired) electrons. The fourth-order valence-electron chi connectivity index (χ4n) is 1.99. The highest BCUT2D eigenvalue weighted by atomic mass is 16.6. The van der Waals surface area contributed by atoms with Gasteiger partial charge in [-0.3, -0.25) is 4.79 Å². The largest absolute Gasteiger partial charge is 0.458 e. The highest BCUT2D eigenvalue weighted by Gasteiger charge is 2.23. The molecule has 4 heteroatoms. The number of benzene rings is 1. The molecule has 0 aromatic heterocycles. The van der Waals surface area contributed by atoms with Crippen molar-refractivity contribution in [3.05, 3.63) is 35.9 Å². The summed E-state index contributed by atoms with van der Waals surface area (Å²) in [7, 11) is 0. The van der Waals surface area contributed by atoms with Gasteiger partial charge in [0.25, 0.3) is 0 Å². The van der Waals surface area contributed by atoms with Gasteiger partial charge < -0.3 is 9.47 Å². The zero-order chi connectivity index (χ0) is 15.8. The van der Waals surface area contributed by atoms with Crippen LogP contribution in [0.5, 0.6) is 0 Å². The highest BCUT2D eigenvalue weighted by molar-refractivity contribution is 5.79. The van der Waals surface area contributed by atoms with E-state index in [4.69, 9.17) is 9.47 Å². The van der Waals surface area contributed by atoms with E-state index >= 15 is 0 Å². The Hall–Kier alpha value is -1.84. The van der Waals surface area contributed by atoms with E-state index in [2.05, 4.69) is 0 Å². The summed E-state index contributed by atoms with van der Waals surface area (Å²) in [5, 5.41) is 0. The van der Waals surface area contributed by atoms with Gasteiger partial charge in [0.2, 0.25) is 0 Å². The van der Waals surface area contributed by atoms with Gasteiger partial charge in [0.05, 0.1) is 5.92 Å². The van der Waals surface area contributed by atoms with Gasteiger partial charge in [-0.1, -0.05) is 51.1 Å². The molecule has 0 aliphatic carbocycles. The molecular formula is C17H24O4. The Bertz CT molecular complexity index is 453. The topological polar surface area (TPSA) is 52.6 Å². The molecule has 1 aromatic rings. The maximum absolute atomic E-state index is 11.8. The molecule has 2 atom stereocenters. The van der Waals surface area contributed by atoms with Crippen molar-refractivity contribution in [2.45, 2.75) is 46.8 Å². The predicted molar refractivity (Wildman–Crippen MR) is 80.4 cm³/mol. The molecule has 0 saturated heterocycles. The molecule has 0 spiro atoms. The monoisotopic (exact) mass is 292 g/mol. The van der Waals surface area contributed by atoms with Crippen LogP contribution in [0.2, 0.25) is 0 Å². The van der Waals surface area contributed by atoms with Crippen molar-refractivity contribution >= 4 is 11.9 Å². The molecule has 0 aliphatic rings. The number of rotatable bonds is 7. The fourth-order valence-corrected chi connectivity index (χ4v) is 1.99. The average Bonchev–Trinajstić information content (AvgIpc) is 2.44. The van der Waals surface area contributed by atoms with Crippen molar-refractivity contribution in [2.75, 3.05) is 0 Å². The fraction of sp³-hybridized carbons (Fsp3) is 0.529. The molecule has 0 amide bonds.